The first kappa shape index (κ1) is 21.6. The minimum absolute atomic E-state index is 0.316. The van der Waals surface area contributed by atoms with E-state index >= 15 is 0 Å². The Hall–Kier alpha value is -3.19. The topological polar surface area (TPSA) is 54.2 Å². The molecule has 0 radical (unpaired) electrons. The van der Waals surface area contributed by atoms with Crippen LogP contribution >= 0.6 is 35.4 Å². The van der Waals surface area contributed by atoms with E-state index in [2.05, 4.69) is 10.5 Å². The third kappa shape index (κ3) is 4.25. The van der Waals surface area contributed by atoms with Crippen molar-refractivity contribution in [2.24, 2.45) is 0 Å². The van der Waals surface area contributed by atoms with Gasteiger partial charge in [-0.15, -0.1) is 0 Å². The fraction of sp³-hybridized carbons (Fsp3) is 0.0800. The lowest BCUT2D eigenvalue weighted by Crippen LogP contribution is -2.46. The maximum atomic E-state index is 6.30. The van der Waals surface area contributed by atoms with Crippen molar-refractivity contribution in [2.75, 3.05) is 4.90 Å². The molecule has 1 N–H and O–H groups in total. The Balaban J connectivity index is 1.66. The maximum absolute atomic E-state index is 6.30. The summed E-state index contributed by atoms with van der Waals surface area (Å²) in [7, 11) is 0. The van der Waals surface area contributed by atoms with E-state index in [-0.39, 0.29) is 6.04 Å². The second kappa shape index (κ2) is 8.98. The Morgan fingerprint density at radius 1 is 0.939 bits per heavy atom. The zero-order chi connectivity index (χ0) is 22.9. The zero-order valence-corrected chi connectivity index (χ0v) is 19.8. The van der Waals surface area contributed by atoms with E-state index in [9.17, 15) is 0 Å². The number of nitrogens with one attached hydrogen (secondary N) is 1. The van der Waals surface area contributed by atoms with Gasteiger partial charge in [0.15, 0.2) is 5.11 Å². The van der Waals surface area contributed by atoms with E-state index in [0.29, 0.717) is 26.9 Å². The molecule has 5 nitrogen and oxygen atoms in total. The van der Waals surface area contributed by atoms with Crippen molar-refractivity contribution in [3.63, 3.8) is 0 Å². The van der Waals surface area contributed by atoms with Crippen molar-refractivity contribution in [1.29, 1.82) is 0 Å². The van der Waals surface area contributed by atoms with Gasteiger partial charge in [-0.25, -0.2) is 0 Å². The monoisotopic (exact) mass is 492 g/mol. The summed E-state index contributed by atoms with van der Waals surface area (Å²) in [5.41, 5.74) is 4.37. The number of hydrogen-bond donors (Lipinski definition) is 1. The molecule has 1 aliphatic heterocycles. The fourth-order valence-corrected chi connectivity index (χ4v) is 4.58. The number of anilines is 1. The van der Waals surface area contributed by atoms with Gasteiger partial charge in [0.2, 0.25) is 5.82 Å². The first-order chi connectivity index (χ1) is 16.0. The lowest BCUT2D eigenvalue weighted by atomic mass is 9.94. The first-order valence-corrected chi connectivity index (χ1v) is 11.4. The van der Waals surface area contributed by atoms with Gasteiger partial charge in [0.1, 0.15) is 0 Å². The third-order valence-corrected chi connectivity index (χ3v) is 6.23. The summed E-state index contributed by atoms with van der Waals surface area (Å²) < 4.78 is 5.77. The highest BCUT2D eigenvalue weighted by Gasteiger charge is 2.34. The molecule has 8 heteroatoms. The van der Waals surface area contributed by atoms with E-state index in [4.69, 9.17) is 44.9 Å². The molecule has 0 fully saturated rings. The summed E-state index contributed by atoms with van der Waals surface area (Å²) >= 11 is 18.2. The molecule has 1 unspecified atom stereocenters. The van der Waals surface area contributed by atoms with Crippen LogP contribution in [0.4, 0.5) is 5.69 Å². The number of aromatic nitrogens is 2. The largest absolute Gasteiger partial charge is 0.351 e. The minimum atomic E-state index is -0.316. The van der Waals surface area contributed by atoms with Gasteiger partial charge in [-0.1, -0.05) is 70.8 Å². The van der Waals surface area contributed by atoms with Crippen molar-refractivity contribution in [3.05, 3.63) is 106 Å². The number of allylic oxidation sites excluding steroid dienone is 1. The number of nitrogens with zero attached hydrogens (tertiary/aromatic N) is 3. The Morgan fingerprint density at radius 3 is 2.42 bits per heavy atom. The van der Waals surface area contributed by atoms with E-state index in [1.807, 2.05) is 90.7 Å². The van der Waals surface area contributed by atoms with Crippen molar-refractivity contribution in [3.8, 4) is 11.4 Å². The molecule has 0 saturated carbocycles. The average Bonchev–Trinajstić information content (AvgIpc) is 3.30. The predicted molar refractivity (Wildman–Crippen MR) is 136 cm³/mol. The lowest BCUT2D eigenvalue weighted by Gasteiger charge is -2.37. The van der Waals surface area contributed by atoms with Crippen LogP contribution in [0.5, 0.6) is 0 Å². The molecule has 3 aromatic carbocycles. The number of halogens is 2. The predicted octanol–water partition coefficient (Wildman–Crippen LogP) is 6.91. The third-order valence-electron chi connectivity index (χ3n) is 5.44. The van der Waals surface area contributed by atoms with Crippen LogP contribution < -0.4 is 10.2 Å². The molecule has 0 amide bonds. The van der Waals surface area contributed by atoms with Crippen LogP contribution in [0.25, 0.3) is 17.0 Å². The zero-order valence-electron chi connectivity index (χ0n) is 17.5. The van der Waals surface area contributed by atoms with Gasteiger partial charge in [-0.2, -0.15) is 4.98 Å². The first-order valence-electron chi connectivity index (χ1n) is 10.2. The van der Waals surface area contributed by atoms with Gasteiger partial charge in [0.05, 0.1) is 11.6 Å². The van der Waals surface area contributed by atoms with Crippen LogP contribution in [0.3, 0.4) is 0 Å². The Bertz CT molecular complexity index is 1350. The van der Waals surface area contributed by atoms with Gasteiger partial charge in [-0.05, 0) is 61.1 Å². The average molecular weight is 493 g/mol. The summed E-state index contributed by atoms with van der Waals surface area (Å²) in [6.07, 6.45) is 0. The van der Waals surface area contributed by atoms with E-state index in [1.165, 1.54) is 0 Å². The number of hydrogen-bond acceptors (Lipinski definition) is 4. The lowest BCUT2D eigenvalue weighted by molar-refractivity contribution is 0.404. The van der Waals surface area contributed by atoms with Crippen molar-refractivity contribution in [1.82, 2.24) is 15.5 Å². The molecule has 164 valence electrons. The van der Waals surface area contributed by atoms with Crippen LogP contribution in [-0.4, -0.2) is 15.3 Å². The van der Waals surface area contributed by atoms with Crippen LogP contribution in [-0.2, 0) is 0 Å². The van der Waals surface area contributed by atoms with Crippen LogP contribution in [0.2, 0.25) is 10.0 Å². The molecule has 5 rings (SSSR count). The molecule has 0 spiro atoms. The molecular weight excluding hydrogens is 475 g/mol. The van der Waals surface area contributed by atoms with Crippen LogP contribution in [0.15, 0.2) is 89.1 Å². The molecular formula is C25H18Cl2N4OS. The van der Waals surface area contributed by atoms with Crippen molar-refractivity contribution in [2.45, 2.75) is 13.0 Å². The summed E-state index contributed by atoms with van der Waals surface area (Å²) in [5.74, 6) is 0.923. The highest BCUT2D eigenvalue weighted by Crippen LogP contribution is 2.39. The molecule has 0 aliphatic carbocycles. The molecule has 33 heavy (non-hydrogen) atoms. The standard InChI is InChI=1S/C25H18Cl2N4OS/c1-15-21(24-29-23(30-32-24)16-6-3-2-4-7-16)22(17-8-5-9-19(27)14-17)28-25(33)31(15)20-12-10-18(26)11-13-20/h2-14,22H,1H3,(H,28,33). The maximum Gasteiger partial charge on any atom is 0.258 e. The second-order valence-electron chi connectivity index (χ2n) is 7.54. The summed E-state index contributed by atoms with van der Waals surface area (Å²) in [6, 6.07) is 24.5. The highest BCUT2D eigenvalue weighted by atomic mass is 35.5. The second-order valence-corrected chi connectivity index (χ2v) is 8.80. The minimum Gasteiger partial charge on any atom is -0.351 e. The van der Waals surface area contributed by atoms with Gasteiger partial charge in [0.25, 0.3) is 5.89 Å². The molecule has 2 heterocycles. The summed E-state index contributed by atoms with van der Waals surface area (Å²) in [4.78, 5) is 6.66. The van der Waals surface area contributed by atoms with Gasteiger partial charge in [0, 0.05) is 27.0 Å². The number of benzene rings is 3. The SMILES string of the molecule is CC1=C(c2nc(-c3ccccc3)no2)C(c2cccc(Cl)c2)NC(=S)N1c1ccc(Cl)cc1. The number of thiocarbonyl (C=S) groups is 1. The molecule has 0 saturated heterocycles. The van der Waals surface area contributed by atoms with E-state index in [0.717, 1.165) is 28.1 Å². The van der Waals surface area contributed by atoms with Crippen molar-refractivity contribution < 1.29 is 4.52 Å². The molecule has 4 aromatic rings. The summed E-state index contributed by atoms with van der Waals surface area (Å²) in [6.45, 7) is 1.99. The molecule has 1 aliphatic rings. The van der Waals surface area contributed by atoms with Gasteiger partial charge < -0.3 is 9.84 Å². The normalized spacial score (nSPS) is 16.2. The smallest absolute Gasteiger partial charge is 0.258 e. The highest BCUT2D eigenvalue weighted by molar-refractivity contribution is 7.80. The Kier molecular flexibility index (Phi) is 5.89. The van der Waals surface area contributed by atoms with Gasteiger partial charge >= 0.3 is 0 Å². The molecule has 1 aromatic heterocycles. The van der Waals surface area contributed by atoms with E-state index in [1.54, 1.807) is 0 Å². The Labute approximate surface area is 206 Å². The Morgan fingerprint density at radius 2 is 1.70 bits per heavy atom. The molecule has 0 bridgehead atoms. The van der Waals surface area contributed by atoms with Crippen molar-refractivity contribution >= 4 is 51.8 Å². The number of rotatable bonds is 4. The van der Waals surface area contributed by atoms with Gasteiger partial charge in [-0.3, -0.25) is 4.90 Å². The summed E-state index contributed by atoms with van der Waals surface area (Å²) in [5, 5.41) is 9.49. The molecule has 1 atom stereocenters. The van der Waals surface area contributed by atoms with Crippen LogP contribution in [0, 0.1) is 0 Å². The fourth-order valence-electron chi connectivity index (χ4n) is 3.89. The van der Waals surface area contributed by atoms with Crippen LogP contribution in [0.1, 0.15) is 24.4 Å². The van der Waals surface area contributed by atoms with E-state index < -0.39 is 0 Å². The quantitative estimate of drug-likeness (QED) is 0.312.